The van der Waals surface area contributed by atoms with E-state index < -0.39 is 35.3 Å². The van der Waals surface area contributed by atoms with Crippen molar-refractivity contribution in [2.24, 2.45) is 0 Å². The first-order valence-electron chi connectivity index (χ1n) is 11.2. The van der Waals surface area contributed by atoms with Crippen molar-refractivity contribution in [3.05, 3.63) is 23.3 Å². The summed E-state index contributed by atoms with van der Waals surface area (Å²) < 4.78 is 27.2. The largest absolute Gasteiger partial charge is 0.493 e. The van der Waals surface area contributed by atoms with Gasteiger partial charge in [0.2, 0.25) is 0 Å². The third-order valence-corrected chi connectivity index (χ3v) is 6.90. The summed E-state index contributed by atoms with van der Waals surface area (Å²) in [6.45, 7) is 2.31. The molecule has 4 amide bonds. The first-order chi connectivity index (χ1) is 16.8. The third kappa shape index (κ3) is 2.55. The molecule has 0 atom stereocenters. The molecular weight excluding hydrogens is 464 g/mol. The maximum Gasteiger partial charge on any atom is 0.359 e. The van der Waals surface area contributed by atoms with E-state index in [1.54, 1.807) is 26.0 Å². The van der Waals surface area contributed by atoms with Crippen LogP contribution in [0.15, 0.2) is 12.1 Å². The minimum absolute atomic E-state index is 0.0287. The molecule has 0 radical (unpaired) electrons. The van der Waals surface area contributed by atoms with Gasteiger partial charge in [-0.05, 0) is 37.1 Å². The third-order valence-electron chi connectivity index (χ3n) is 6.90. The van der Waals surface area contributed by atoms with Crippen molar-refractivity contribution in [3.63, 3.8) is 0 Å². The Balaban J connectivity index is 1.82. The highest BCUT2D eigenvalue weighted by molar-refractivity contribution is 6.09. The zero-order valence-corrected chi connectivity index (χ0v) is 19.9. The predicted molar refractivity (Wildman–Crippen MR) is 115 cm³/mol. The van der Waals surface area contributed by atoms with Crippen molar-refractivity contribution in [2.75, 3.05) is 40.9 Å². The number of fused-ring (bicyclic) bond motifs is 1. The van der Waals surface area contributed by atoms with Gasteiger partial charge in [0.25, 0.3) is 11.3 Å². The normalized spacial score (nSPS) is 26.3. The van der Waals surface area contributed by atoms with E-state index in [-0.39, 0.29) is 39.8 Å². The Morgan fingerprint density at radius 2 is 1.20 bits per heavy atom. The number of rotatable bonds is 6. The molecular formula is C22H26N4O9. The Bertz CT molecular complexity index is 1060. The summed E-state index contributed by atoms with van der Waals surface area (Å²) >= 11 is 0. The van der Waals surface area contributed by atoms with Crippen LogP contribution in [0.1, 0.15) is 25.0 Å². The monoisotopic (exact) mass is 490 g/mol. The molecule has 0 spiro atoms. The molecule has 0 aromatic heterocycles. The summed E-state index contributed by atoms with van der Waals surface area (Å²) in [6.07, 6.45) is 0. The molecule has 13 nitrogen and oxygen atoms in total. The van der Waals surface area contributed by atoms with Crippen molar-refractivity contribution >= 4 is 24.0 Å². The minimum Gasteiger partial charge on any atom is -0.493 e. The van der Waals surface area contributed by atoms with Gasteiger partial charge in [-0.15, -0.1) is 0 Å². The fourth-order valence-corrected chi connectivity index (χ4v) is 5.56. The SMILES string of the molecule is CCOC(=O)C12N3COCN1C(=O)N1Cc4cc(OC)c(OC)cc4CN(C3=O)C12C(=O)OCC. The molecule has 5 rings (SSSR count). The summed E-state index contributed by atoms with van der Waals surface area (Å²) in [5, 5.41) is 0. The molecule has 1 aromatic rings. The number of ether oxygens (including phenoxy) is 5. The number of esters is 2. The van der Waals surface area contributed by atoms with Crippen LogP contribution in [-0.2, 0) is 36.9 Å². The molecule has 0 bridgehead atoms. The van der Waals surface area contributed by atoms with Crippen molar-refractivity contribution in [1.82, 2.24) is 19.6 Å². The van der Waals surface area contributed by atoms with Gasteiger partial charge in [0, 0.05) is 0 Å². The number of methoxy groups -OCH3 is 2. The summed E-state index contributed by atoms with van der Waals surface area (Å²) in [4.78, 5) is 59.9. The maximum absolute atomic E-state index is 13.9. The van der Waals surface area contributed by atoms with E-state index >= 15 is 0 Å². The van der Waals surface area contributed by atoms with Crippen molar-refractivity contribution in [1.29, 1.82) is 0 Å². The Morgan fingerprint density at radius 1 is 0.800 bits per heavy atom. The summed E-state index contributed by atoms with van der Waals surface area (Å²) in [6, 6.07) is 2.04. The lowest BCUT2D eigenvalue weighted by molar-refractivity contribution is -0.212. The average molecular weight is 490 g/mol. The molecule has 3 fully saturated rings. The van der Waals surface area contributed by atoms with E-state index in [1.807, 2.05) is 0 Å². The fourth-order valence-electron chi connectivity index (χ4n) is 5.56. The van der Waals surface area contributed by atoms with Crippen LogP contribution >= 0.6 is 0 Å². The number of hydrogen-bond acceptors (Lipinski definition) is 9. The second kappa shape index (κ2) is 7.90. The molecule has 4 heterocycles. The lowest BCUT2D eigenvalue weighted by atomic mass is 9.90. The van der Waals surface area contributed by atoms with E-state index in [9.17, 15) is 19.2 Å². The van der Waals surface area contributed by atoms with E-state index in [0.29, 0.717) is 22.6 Å². The highest BCUT2D eigenvalue weighted by Gasteiger charge is 2.88. The number of nitrogens with zero attached hydrogens (tertiary/aromatic N) is 4. The van der Waals surface area contributed by atoms with Gasteiger partial charge >= 0.3 is 24.0 Å². The topological polar surface area (TPSA) is 127 Å². The highest BCUT2D eigenvalue weighted by Crippen LogP contribution is 2.56. The van der Waals surface area contributed by atoms with Gasteiger partial charge in [0.1, 0.15) is 13.5 Å². The molecule has 3 saturated heterocycles. The van der Waals surface area contributed by atoms with Crippen molar-refractivity contribution < 1.29 is 42.9 Å². The van der Waals surface area contributed by atoms with E-state index in [0.717, 1.165) is 9.80 Å². The van der Waals surface area contributed by atoms with Gasteiger partial charge in [-0.25, -0.2) is 19.2 Å². The van der Waals surface area contributed by atoms with Crippen LogP contribution < -0.4 is 9.47 Å². The maximum atomic E-state index is 13.9. The van der Waals surface area contributed by atoms with Gasteiger partial charge in [0.15, 0.2) is 11.5 Å². The summed E-state index contributed by atoms with van der Waals surface area (Å²) in [5.74, 6) is -0.990. The Labute approximate surface area is 201 Å². The van der Waals surface area contributed by atoms with Gasteiger partial charge in [-0.3, -0.25) is 19.6 Å². The fraction of sp³-hybridized carbons (Fsp3) is 0.545. The first kappa shape index (κ1) is 23.0. The highest BCUT2D eigenvalue weighted by atomic mass is 16.6. The molecule has 0 aliphatic carbocycles. The van der Waals surface area contributed by atoms with Gasteiger partial charge in [-0.1, -0.05) is 0 Å². The number of benzene rings is 1. The van der Waals surface area contributed by atoms with Crippen LogP contribution in [0.4, 0.5) is 9.59 Å². The predicted octanol–water partition coefficient (Wildman–Crippen LogP) is 0.657. The Hall–Kier alpha value is -3.74. The minimum atomic E-state index is -2.15. The van der Waals surface area contributed by atoms with Crippen LogP contribution in [0, 0.1) is 0 Å². The standard InChI is InChI=1S/C22H26N4O9/c1-5-34-17(27)21-22(18(28)35-6-2)25-11-33-12-26(22)20(30)24(21)10-14-8-16(32-4)15(31-3)7-13(14)9-23(21)19(25)29/h7-8H,5-6,9-12H2,1-4H3. The smallest absolute Gasteiger partial charge is 0.359 e. The van der Waals surface area contributed by atoms with E-state index in [2.05, 4.69) is 0 Å². The molecule has 1 aromatic carbocycles. The van der Waals surface area contributed by atoms with Gasteiger partial charge in [-0.2, -0.15) is 0 Å². The van der Waals surface area contributed by atoms with Crippen LogP contribution in [0.25, 0.3) is 0 Å². The van der Waals surface area contributed by atoms with Gasteiger partial charge < -0.3 is 23.7 Å². The number of hydrogen-bond donors (Lipinski definition) is 0. The zero-order chi connectivity index (χ0) is 25.1. The molecule has 35 heavy (non-hydrogen) atoms. The molecule has 0 saturated carbocycles. The van der Waals surface area contributed by atoms with E-state index in [4.69, 9.17) is 23.7 Å². The van der Waals surface area contributed by atoms with Gasteiger partial charge in [0.05, 0.1) is 40.5 Å². The zero-order valence-electron chi connectivity index (χ0n) is 19.9. The van der Waals surface area contributed by atoms with Crippen LogP contribution in [0.3, 0.4) is 0 Å². The number of urea groups is 2. The van der Waals surface area contributed by atoms with Crippen molar-refractivity contribution in [3.8, 4) is 11.5 Å². The Morgan fingerprint density at radius 3 is 1.57 bits per heavy atom. The molecule has 4 aliphatic rings. The molecule has 0 unspecified atom stereocenters. The first-order valence-corrected chi connectivity index (χ1v) is 11.2. The summed E-state index contributed by atoms with van der Waals surface area (Å²) in [7, 11) is 2.96. The lowest BCUT2D eigenvalue weighted by Gasteiger charge is -2.46. The number of carbonyl (C=O) groups is 4. The van der Waals surface area contributed by atoms with Crippen molar-refractivity contribution in [2.45, 2.75) is 38.3 Å². The average Bonchev–Trinajstić information content (AvgIpc) is 3.14. The van der Waals surface area contributed by atoms with Crippen LogP contribution in [0.5, 0.6) is 11.5 Å². The Kier molecular flexibility index (Phi) is 5.20. The number of carbonyl (C=O) groups excluding carboxylic acids is 4. The molecule has 4 aliphatic heterocycles. The second-order valence-corrected chi connectivity index (χ2v) is 8.32. The number of amides is 4. The second-order valence-electron chi connectivity index (χ2n) is 8.32. The van der Waals surface area contributed by atoms with Crippen LogP contribution in [0.2, 0.25) is 0 Å². The molecule has 188 valence electrons. The van der Waals surface area contributed by atoms with Crippen LogP contribution in [-0.4, -0.2) is 95.8 Å². The molecule has 13 heteroatoms. The molecule has 0 N–H and O–H groups in total. The lowest BCUT2D eigenvalue weighted by Crippen LogP contribution is -2.77. The summed E-state index contributed by atoms with van der Waals surface area (Å²) in [5.41, 5.74) is -3.04. The van der Waals surface area contributed by atoms with E-state index in [1.165, 1.54) is 24.0 Å². The quantitative estimate of drug-likeness (QED) is 0.528.